The first kappa shape index (κ1) is 54.4. The second-order valence-electron chi connectivity index (χ2n) is 18.1. The van der Waals surface area contributed by atoms with Crippen LogP contribution in [0.3, 0.4) is 0 Å². The predicted octanol–water partition coefficient (Wildman–Crippen LogP) is 5.13. The lowest BCUT2D eigenvalue weighted by molar-refractivity contribution is -0.674. The Hall–Kier alpha value is -6.37. The zero-order chi connectivity index (χ0) is 52.8. The molecule has 20 heteroatoms. The fraction of sp³-hybridized carbons (Fsp3) is 0.340. The van der Waals surface area contributed by atoms with Crippen LogP contribution < -0.4 is 30.1 Å². The van der Waals surface area contributed by atoms with Crippen molar-refractivity contribution < 1.29 is 67.3 Å². The predicted molar refractivity (Wildman–Crippen MR) is 282 cm³/mol. The third-order valence-corrected chi connectivity index (χ3v) is 15.2. The van der Waals surface area contributed by atoms with Crippen molar-refractivity contribution in [3.05, 3.63) is 151 Å². The summed E-state index contributed by atoms with van der Waals surface area (Å²) < 4.78 is 23.2. The Morgan fingerprint density at radius 1 is 0.740 bits per heavy atom. The average Bonchev–Trinajstić information content (AvgIpc) is 3.75. The van der Waals surface area contributed by atoms with Crippen LogP contribution in [0, 0.1) is 36.7 Å². The molecule has 2 aromatic heterocycles. The Morgan fingerprint density at radius 3 is 1.68 bits per heavy atom. The monoisotopic (exact) mass is 1220 g/mol. The van der Waals surface area contributed by atoms with Crippen molar-refractivity contribution in [2.45, 2.75) is 59.0 Å². The van der Waals surface area contributed by atoms with Crippen LogP contribution in [0.1, 0.15) is 38.8 Å². The van der Waals surface area contributed by atoms with E-state index in [9.17, 15) is 34.2 Å². The van der Waals surface area contributed by atoms with E-state index in [1.807, 2.05) is 108 Å². The number of benzene rings is 2. The van der Waals surface area contributed by atoms with E-state index in [-0.39, 0.29) is 67.5 Å². The first-order chi connectivity index (χ1) is 34.9. The van der Waals surface area contributed by atoms with Gasteiger partial charge in [-0.25, -0.2) is 23.5 Å². The SMILES string of the molecule is C=CCOOC(=O)C(C)C1C(=O)N2C(C(=O)OCC=C)=C(COc3ccc(C[n+]4ccccc4N)cc3I)[C@H](C)C12.C[C@@H](O)[C@H]1C(=O)N2C(C(=O)O)=C(COc3ccc(C[n+]4ccccc4N)cc3I)[C@H](C)[C@H]12. The molecule has 2 fully saturated rings. The molecule has 2 aromatic carbocycles. The van der Waals surface area contributed by atoms with E-state index in [1.54, 1.807) is 13.8 Å². The van der Waals surface area contributed by atoms with Crippen molar-refractivity contribution in [1.29, 1.82) is 0 Å². The number of esters is 1. The van der Waals surface area contributed by atoms with Crippen LogP contribution in [0.4, 0.5) is 11.6 Å². The van der Waals surface area contributed by atoms with Crippen LogP contribution in [0.15, 0.2) is 133 Å². The van der Waals surface area contributed by atoms with E-state index in [1.165, 1.54) is 22.0 Å². The normalized spacial score (nSPS) is 21.4. The number of ether oxygens (including phenoxy) is 3. The largest absolute Gasteiger partial charge is 0.488 e. The number of carbonyl (C=O) groups is 5. The van der Waals surface area contributed by atoms with E-state index in [4.69, 9.17) is 35.5 Å². The molecule has 8 atom stereocenters. The lowest BCUT2D eigenvalue weighted by atomic mass is 9.74. The molecule has 384 valence electrons. The van der Waals surface area contributed by atoms with Gasteiger partial charge in [0, 0.05) is 35.1 Å². The highest BCUT2D eigenvalue weighted by Crippen LogP contribution is 2.50. The Morgan fingerprint density at radius 2 is 1.22 bits per heavy atom. The number of aromatic nitrogens is 2. The van der Waals surface area contributed by atoms with Crippen molar-refractivity contribution in [2.75, 3.05) is 37.9 Å². The molecule has 2 saturated heterocycles. The molecule has 6 N–H and O–H groups in total. The summed E-state index contributed by atoms with van der Waals surface area (Å²) in [7, 11) is 0. The number of amides is 2. The summed E-state index contributed by atoms with van der Waals surface area (Å²) in [6.07, 6.45) is 5.90. The molecule has 0 radical (unpaired) electrons. The third kappa shape index (κ3) is 11.4. The zero-order valence-electron chi connectivity index (χ0n) is 40.7. The molecule has 0 aliphatic carbocycles. The summed E-state index contributed by atoms with van der Waals surface area (Å²) in [4.78, 5) is 75.6. The van der Waals surface area contributed by atoms with E-state index < -0.39 is 47.8 Å². The summed E-state index contributed by atoms with van der Waals surface area (Å²) in [6, 6.07) is 22.2. The molecular weight excluding hydrogens is 1170 g/mol. The summed E-state index contributed by atoms with van der Waals surface area (Å²) in [5.74, 6) is -3.12. The standard InChI is InChI=1S/C30H32IN3O7.C23H24IN3O5/c1-5-13-38-30(37)27-21(18(3)26-25(28(35)34(26)27)19(4)29(36)41-40-14-6-2)17-39-23-11-10-20(15-22(23)31)16-33-12-8-7-9-24(33)32;1-12-15(21(23(30)31)27-20(12)19(13(2)28)22(27)29)11-32-17-7-6-14(9-16(17)24)10-26-8-4-3-5-18(26)25/h5-12,15,18-19,25-26,32H,1-2,13-14,16-17H2,3-4H3;3-9,12-13,19-20,25,28H,10-11H2,1-2H3,(H,30,31)/p+2/t18-,19?,25?,26?;12-,13+,19+,20+/m00/s1. The quantitative estimate of drug-likeness (QED) is 0.0131. The molecular formula is C53H58I2N6O12+2. The molecule has 6 heterocycles. The fourth-order valence-electron chi connectivity index (χ4n) is 9.73. The molecule has 3 unspecified atom stereocenters. The lowest BCUT2D eigenvalue weighted by Crippen LogP contribution is -2.63. The number of fused-ring (bicyclic) bond motifs is 2. The van der Waals surface area contributed by atoms with Gasteiger partial charge in [-0.3, -0.25) is 25.9 Å². The maximum Gasteiger partial charge on any atom is 0.355 e. The number of carboxylic acid groups (broad SMARTS) is 1. The van der Waals surface area contributed by atoms with Crippen molar-refractivity contribution >= 4 is 86.5 Å². The van der Waals surface area contributed by atoms with E-state index in [0.717, 1.165) is 18.3 Å². The topological polar surface area (TPSA) is 238 Å². The van der Waals surface area contributed by atoms with Gasteiger partial charge in [0.05, 0.1) is 55.5 Å². The number of aliphatic hydroxyl groups excluding tert-OH is 1. The second-order valence-corrected chi connectivity index (χ2v) is 20.4. The van der Waals surface area contributed by atoms with Crippen molar-refractivity contribution in [2.24, 2.45) is 29.6 Å². The number of anilines is 2. The van der Waals surface area contributed by atoms with Gasteiger partial charge in [0.1, 0.15) is 62.4 Å². The fourth-order valence-corrected chi connectivity index (χ4v) is 11.2. The zero-order valence-corrected chi connectivity index (χ0v) is 45.0. The summed E-state index contributed by atoms with van der Waals surface area (Å²) in [6.45, 7) is 15.4. The highest BCUT2D eigenvalue weighted by Gasteiger charge is 2.62. The lowest BCUT2D eigenvalue weighted by Gasteiger charge is -2.47. The van der Waals surface area contributed by atoms with Crippen LogP contribution in [0.5, 0.6) is 11.5 Å². The van der Waals surface area contributed by atoms with Crippen molar-refractivity contribution in [3.8, 4) is 11.5 Å². The maximum absolute atomic E-state index is 13.3. The number of halogens is 2. The van der Waals surface area contributed by atoms with Crippen LogP contribution in [0.2, 0.25) is 0 Å². The highest BCUT2D eigenvalue weighted by molar-refractivity contribution is 14.1. The molecule has 73 heavy (non-hydrogen) atoms. The Balaban J connectivity index is 0.000000220. The van der Waals surface area contributed by atoms with Gasteiger partial charge >= 0.3 is 17.9 Å². The number of carbonyl (C=O) groups excluding carboxylic acids is 4. The number of aliphatic carboxylic acids is 1. The minimum atomic E-state index is -1.15. The van der Waals surface area contributed by atoms with Gasteiger partial charge in [0.2, 0.25) is 11.8 Å². The summed E-state index contributed by atoms with van der Waals surface area (Å²) >= 11 is 4.39. The van der Waals surface area contributed by atoms with Gasteiger partial charge in [-0.05, 0) is 99.6 Å². The molecule has 4 aromatic rings. The minimum absolute atomic E-state index is 0.00630. The number of nitrogens with two attached hydrogens (primary N) is 2. The Kier molecular flexibility index (Phi) is 17.6. The third-order valence-electron chi connectivity index (χ3n) is 13.5. The Labute approximate surface area is 450 Å². The van der Waals surface area contributed by atoms with Gasteiger partial charge in [-0.15, -0.1) is 6.58 Å². The van der Waals surface area contributed by atoms with Crippen molar-refractivity contribution in [3.63, 3.8) is 0 Å². The number of carboxylic acids is 1. The van der Waals surface area contributed by atoms with Crippen LogP contribution in [-0.2, 0) is 51.6 Å². The number of nitrogen functional groups attached to an aromatic ring is 2. The van der Waals surface area contributed by atoms with E-state index in [2.05, 4.69) is 58.3 Å². The molecule has 8 rings (SSSR count). The summed E-state index contributed by atoms with van der Waals surface area (Å²) in [5.41, 5.74) is 15.5. The minimum Gasteiger partial charge on any atom is -0.488 e. The number of β-lactam (4-membered cyclic amide) rings is 2. The first-order valence-corrected chi connectivity index (χ1v) is 25.6. The van der Waals surface area contributed by atoms with Gasteiger partial charge in [0.25, 0.3) is 11.6 Å². The summed E-state index contributed by atoms with van der Waals surface area (Å²) in [5, 5.41) is 19.7. The Bertz CT molecular complexity index is 2890. The van der Waals surface area contributed by atoms with Crippen molar-refractivity contribution in [1.82, 2.24) is 9.80 Å². The van der Waals surface area contributed by atoms with Gasteiger partial charge in [0.15, 0.2) is 0 Å². The first-order valence-electron chi connectivity index (χ1n) is 23.5. The van der Waals surface area contributed by atoms with E-state index >= 15 is 0 Å². The van der Waals surface area contributed by atoms with Gasteiger partial charge in [-0.1, -0.05) is 63.8 Å². The number of hydrogen-bond acceptors (Lipinski definition) is 13. The number of hydrogen-bond donors (Lipinski definition) is 4. The highest BCUT2D eigenvalue weighted by atomic mass is 127. The van der Waals surface area contributed by atoms with Crippen LogP contribution in [-0.4, -0.2) is 94.4 Å². The number of rotatable bonds is 20. The maximum atomic E-state index is 13.3. The molecule has 2 amide bonds. The second kappa shape index (κ2) is 23.7. The van der Waals surface area contributed by atoms with Crippen LogP contribution in [0.25, 0.3) is 0 Å². The van der Waals surface area contributed by atoms with Gasteiger partial charge < -0.3 is 34.2 Å². The van der Waals surface area contributed by atoms with Gasteiger partial charge in [-0.2, -0.15) is 4.89 Å². The molecule has 4 aliphatic heterocycles. The molecule has 0 bridgehead atoms. The number of aliphatic hydroxyl groups is 1. The molecule has 18 nitrogen and oxygen atoms in total. The number of pyridine rings is 2. The molecule has 4 aliphatic rings. The molecule has 0 spiro atoms. The van der Waals surface area contributed by atoms with E-state index in [0.29, 0.717) is 47.4 Å². The average molecular weight is 1220 g/mol. The van der Waals surface area contributed by atoms with Crippen LogP contribution >= 0.6 is 45.2 Å². The smallest absolute Gasteiger partial charge is 0.355 e. The molecule has 0 saturated carbocycles. The number of nitrogens with zero attached hydrogens (tertiary/aromatic N) is 4.